The molecule has 150 valence electrons. The summed E-state index contributed by atoms with van der Waals surface area (Å²) in [6, 6.07) is 7.42. The van der Waals surface area contributed by atoms with Crippen LogP contribution in [0.5, 0.6) is 0 Å². The second-order valence-corrected chi connectivity index (χ2v) is 5.99. The minimum atomic E-state index is -0.0690. The van der Waals surface area contributed by atoms with Crippen LogP contribution in [0.15, 0.2) is 29.3 Å². The topological polar surface area (TPSA) is 85.8 Å². The maximum absolute atomic E-state index is 12.1. The number of hydrogen-bond acceptors (Lipinski definition) is 3. The third kappa shape index (κ3) is 8.11. The van der Waals surface area contributed by atoms with Gasteiger partial charge in [-0.2, -0.15) is 0 Å². The molecule has 0 spiro atoms. The molecule has 1 aromatic carbocycles. The van der Waals surface area contributed by atoms with E-state index in [0.29, 0.717) is 37.6 Å². The van der Waals surface area contributed by atoms with E-state index in [1.54, 1.807) is 12.1 Å². The first kappa shape index (κ1) is 22.5. The van der Waals surface area contributed by atoms with Crippen LogP contribution in [0.3, 0.4) is 0 Å². The third-order valence-corrected chi connectivity index (χ3v) is 4.06. The monoisotopic (exact) mass is 375 g/mol. The molecule has 0 atom stereocenters. The molecule has 0 unspecified atom stereocenters. The smallest absolute Gasteiger partial charge is 0.251 e. The summed E-state index contributed by atoms with van der Waals surface area (Å²) >= 11 is 0. The highest BCUT2D eigenvalue weighted by atomic mass is 16.2. The van der Waals surface area contributed by atoms with Crippen molar-refractivity contribution in [2.75, 3.05) is 32.7 Å². The van der Waals surface area contributed by atoms with Gasteiger partial charge in [-0.05, 0) is 45.4 Å². The number of amides is 2. The molecule has 0 aliphatic heterocycles. The van der Waals surface area contributed by atoms with Crippen LogP contribution < -0.4 is 16.0 Å². The Bertz CT molecular complexity index is 609. The fourth-order valence-electron chi connectivity index (χ4n) is 2.56. The van der Waals surface area contributed by atoms with Crippen molar-refractivity contribution in [1.82, 2.24) is 20.9 Å². The highest BCUT2D eigenvalue weighted by Crippen LogP contribution is 2.06. The highest BCUT2D eigenvalue weighted by molar-refractivity contribution is 5.94. The summed E-state index contributed by atoms with van der Waals surface area (Å²) in [7, 11) is 0. The van der Waals surface area contributed by atoms with E-state index in [4.69, 9.17) is 0 Å². The summed E-state index contributed by atoms with van der Waals surface area (Å²) in [5, 5.41) is 9.16. The first-order valence-corrected chi connectivity index (χ1v) is 9.72. The summed E-state index contributed by atoms with van der Waals surface area (Å²) in [5.74, 6) is 0.752. The number of carbonyl (C=O) groups is 2. The van der Waals surface area contributed by atoms with Gasteiger partial charge in [-0.25, -0.2) is 4.99 Å². The number of guanidine groups is 1. The predicted molar refractivity (Wildman–Crippen MR) is 110 cm³/mol. The normalized spacial score (nSPS) is 11.0. The summed E-state index contributed by atoms with van der Waals surface area (Å²) < 4.78 is 0. The summed E-state index contributed by atoms with van der Waals surface area (Å²) in [6.45, 7) is 11.7. The lowest BCUT2D eigenvalue weighted by atomic mass is 10.1. The van der Waals surface area contributed by atoms with Crippen LogP contribution in [0.4, 0.5) is 0 Å². The van der Waals surface area contributed by atoms with Crippen LogP contribution in [0, 0.1) is 0 Å². The van der Waals surface area contributed by atoms with Crippen molar-refractivity contribution in [3.63, 3.8) is 0 Å². The second-order valence-electron chi connectivity index (χ2n) is 5.99. The van der Waals surface area contributed by atoms with E-state index in [0.717, 1.165) is 25.2 Å². The van der Waals surface area contributed by atoms with Crippen molar-refractivity contribution in [1.29, 1.82) is 0 Å². The number of nitrogens with one attached hydrogen (secondary N) is 3. The molecule has 0 fully saturated rings. The summed E-state index contributed by atoms with van der Waals surface area (Å²) in [6.07, 6.45) is 0.438. The zero-order chi connectivity index (χ0) is 20.1. The minimum absolute atomic E-state index is 0.0690. The maximum Gasteiger partial charge on any atom is 0.251 e. The van der Waals surface area contributed by atoms with Crippen molar-refractivity contribution in [2.24, 2.45) is 4.99 Å². The van der Waals surface area contributed by atoms with Crippen LogP contribution in [-0.2, 0) is 11.3 Å². The zero-order valence-corrected chi connectivity index (χ0v) is 17.0. The van der Waals surface area contributed by atoms with E-state index in [1.807, 2.05) is 44.7 Å². The zero-order valence-electron chi connectivity index (χ0n) is 17.0. The van der Waals surface area contributed by atoms with Crippen molar-refractivity contribution < 1.29 is 9.59 Å². The van der Waals surface area contributed by atoms with E-state index in [2.05, 4.69) is 20.9 Å². The summed E-state index contributed by atoms with van der Waals surface area (Å²) in [5.41, 5.74) is 1.66. The maximum atomic E-state index is 12.1. The number of hydrogen-bond donors (Lipinski definition) is 3. The molecule has 0 aromatic heterocycles. The van der Waals surface area contributed by atoms with Crippen LogP contribution >= 0.6 is 0 Å². The van der Waals surface area contributed by atoms with Crippen LogP contribution in [0.2, 0.25) is 0 Å². The van der Waals surface area contributed by atoms with Crippen LogP contribution in [0.25, 0.3) is 0 Å². The number of nitrogens with zero attached hydrogens (tertiary/aromatic N) is 2. The second kappa shape index (κ2) is 12.7. The van der Waals surface area contributed by atoms with Gasteiger partial charge in [0, 0.05) is 44.7 Å². The van der Waals surface area contributed by atoms with Crippen molar-refractivity contribution >= 4 is 17.8 Å². The van der Waals surface area contributed by atoms with Crippen molar-refractivity contribution in [3.05, 3.63) is 35.4 Å². The fourth-order valence-corrected chi connectivity index (χ4v) is 2.56. The van der Waals surface area contributed by atoms with Gasteiger partial charge >= 0.3 is 0 Å². The Kier molecular flexibility index (Phi) is 10.6. The van der Waals surface area contributed by atoms with Gasteiger partial charge in [0.25, 0.3) is 5.91 Å². The van der Waals surface area contributed by atoms with E-state index in [-0.39, 0.29) is 11.8 Å². The molecule has 0 bridgehead atoms. The van der Waals surface area contributed by atoms with E-state index < -0.39 is 0 Å². The van der Waals surface area contributed by atoms with Gasteiger partial charge < -0.3 is 20.9 Å². The number of carbonyl (C=O) groups excluding carboxylic acids is 2. The first-order chi connectivity index (χ1) is 13.0. The number of benzene rings is 1. The Morgan fingerprint density at radius 3 is 2.11 bits per heavy atom. The SMILES string of the molecule is CCNC(=O)c1ccc(CN=C(NCC)NCCC(=O)N(CC)CC)cc1. The lowest BCUT2D eigenvalue weighted by molar-refractivity contribution is -0.130. The Labute approximate surface area is 162 Å². The number of aliphatic imine (C=N–C) groups is 1. The van der Waals surface area contributed by atoms with Crippen LogP contribution in [0.1, 0.15) is 50.0 Å². The molecule has 1 aromatic rings. The molecule has 0 heterocycles. The van der Waals surface area contributed by atoms with Gasteiger partial charge in [-0.3, -0.25) is 9.59 Å². The molecule has 3 N–H and O–H groups in total. The average molecular weight is 376 g/mol. The summed E-state index contributed by atoms with van der Waals surface area (Å²) in [4.78, 5) is 30.2. The third-order valence-electron chi connectivity index (χ3n) is 4.06. The standard InChI is InChI=1S/C20H33N5O2/c1-5-21-19(27)17-11-9-16(10-12-17)15-24-20(22-6-2)23-14-13-18(26)25(7-3)8-4/h9-12H,5-8,13-15H2,1-4H3,(H,21,27)(H2,22,23,24). The van der Waals surface area contributed by atoms with E-state index in [1.165, 1.54) is 0 Å². The van der Waals surface area contributed by atoms with Crippen molar-refractivity contribution in [2.45, 2.75) is 40.7 Å². The molecule has 1 rings (SSSR count). The van der Waals surface area contributed by atoms with Gasteiger partial charge in [0.2, 0.25) is 5.91 Å². The molecule has 27 heavy (non-hydrogen) atoms. The molecular weight excluding hydrogens is 342 g/mol. The van der Waals surface area contributed by atoms with Gasteiger partial charge in [0.15, 0.2) is 5.96 Å². The highest BCUT2D eigenvalue weighted by Gasteiger charge is 2.09. The van der Waals surface area contributed by atoms with E-state index in [9.17, 15) is 9.59 Å². The van der Waals surface area contributed by atoms with Crippen LogP contribution in [-0.4, -0.2) is 55.4 Å². The van der Waals surface area contributed by atoms with Gasteiger partial charge in [0.1, 0.15) is 0 Å². The van der Waals surface area contributed by atoms with Gasteiger partial charge in [-0.1, -0.05) is 12.1 Å². The molecule has 7 heteroatoms. The molecule has 0 saturated carbocycles. The Morgan fingerprint density at radius 2 is 1.56 bits per heavy atom. The predicted octanol–water partition coefficient (Wildman–Crippen LogP) is 1.75. The number of rotatable bonds is 10. The van der Waals surface area contributed by atoms with E-state index >= 15 is 0 Å². The molecule has 0 saturated heterocycles. The minimum Gasteiger partial charge on any atom is -0.357 e. The quantitative estimate of drug-likeness (QED) is 0.430. The van der Waals surface area contributed by atoms with Gasteiger partial charge in [0.05, 0.1) is 6.54 Å². The molecule has 0 radical (unpaired) electrons. The largest absolute Gasteiger partial charge is 0.357 e. The molecule has 7 nitrogen and oxygen atoms in total. The van der Waals surface area contributed by atoms with Crippen molar-refractivity contribution in [3.8, 4) is 0 Å². The molecule has 2 amide bonds. The molecule has 0 aliphatic rings. The Balaban J connectivity index is 2.58. The molecule has 0 aliphatic carbocycles. The Morgan fingerprint density at radius 1 is 0.926 bits per heavy atom. The Hall–Kier alpha value is -2.57. The lowest BCUT2D eigenvalue weighted by Gasteiger charge is -2.19. The fraction of sp³-hybridized carbons (Fsp3) is 0.550. The molecular formula is C20H33N5O2. The first-order valence-electron chi connectivity index (χ1n) is 9.72. The van der Waals surface area contributed by atoms with Gasteiger partial charge in [-0.15, -0.1) is 0 Å². The average Bonchev–Trinajstić information content (AvgIpc) is 2.67. The lowest BCUT2D eigenvalue weighted by Crippen LogP contribution is -2.40.